The molecule has 17 heavy (non-hydrogen) atoms. The minimum atomic E-state index is -0.366. The van der Waals surface area contributed by atoms with Crippen molar-refractivity contribution in [3.05, 3.63) is 11.4 Å². The summed E-state index contributed by atoms with van der Waals surface area (Å²) in [6, 6.07) is 1.87. The number of thiophene rings is 1. The molecule has 0 aromatic carbocycles. The van der Waals surface area contributed by atoms with Crippen LogP contribution in [0.4, 0.5) is 11.8 Å². The van der Waals surface area contributed by atoms with Crippen molar-refractivity contribution in [3.8, 4) is 0 Å². The number of carbonyl (C=O) groups excluding carboxylic acids is 1. The average molecular weight is 253 g/mol. The Bertz CT molecular complexity index is 541. The number of anilines is 2. The molecule has 0 saturated carbocycles. The molecule has 0 amide bonds. The van der Waals surface area contributed by atoms with E-state index in [1.165, 1.54) is 18.4 Å². The van der Waals surface area contributed by atoms with Gasteiger partial charge in [0, 0.05) is 0 Å². The molecule has 0 unspecified atom stereocenters. The summed E-state index contributed by atoms with van der Waals surface area (Å²) in [5.74, 6) is 5.75. The van der Waals surface area contributed by atoms with E-state index in [0.717, 1.165) is 10.2 Å². The molecule has 0 aliphatic heterocycles. The highest BCUT2D eigenvalue weighted by atomic mass is 32.1. The number of methoxy groups -OCH3 is 1. The lowest BCUT2D eigenvalue weighted by Crippen LogP contribution is -2.17. The van der Waals surface area contributed by atoms with Crippen LogP contribution in [-0.2, 0) is 9.53 Å². The van der Waals surface area contributed by atoms with Crippen LogP contribution in [-0.4, -0.2) is 29.6 Å². The second-order valence-electron chi connectivity index (χ2n) is 3.11. The van der Waals surface area contributed by atoms with Gasteiger partial charge in [0.05, 0.1) is 12.5 Å². The highest BCUT2D eigenvalue weighted by molar-refractivity contribution is 7.16. The molecule has 90 valence electrons. The number of fused-ring (bicyclic) bond motifs is 1. The number of aromatic nitrogens is 2. The Morgan fingerprint density at radius 2 is 2.41 bits per heavy atom. The van der Waals surface area contributed by atoms with Gasteiger partial charge >= 0.3 is 5.97 Å². The third-order valence-electron chi connectivity index (χ3n) is 2.08. The zero-order valence-corrected chi connectivity index (χ0v) is 9.87. The third-order valence-corrected chi connectivity index (χ3v) is 2.89. The molecule has 7 nitrogen and oxygen atoms in total. The van der Waals surface area contributed by atoms with Crippen molar-refractivity contribution in [1.29, 1.82) is 0 Å². The monoisotopic (exact) mass is 253 g/mol. The number of hydrogen-bond donors (Lipinski definition) is 3. The molecule has 8 heteroatoms. The number of nitrogens with zero attached hydrogens (tertiary/aromatic N) is 2. The van der Waals surface area contributed by atoms with Crippen LogP contribution in [0.3, 0.4) is 0 Å². The van der Waals surface area contributed by atoms with Crippen molar-refractivity contribution < 1.29 is 9.53 Å². The molecule has 2 aromatic rings. The van der Waals surface area contributed by atoms with E-state index in [1.54, 1.807) is 0 Å². The minimum Gasteiger partial charge on any atom is -0.468 e. The predicted molar refractivity (Wildman–Crippen MR) is 65.7 cm³/mol. The van der Waals surface area contributed by atoms with E-state index in [0.29, 0.717) is 11.8 Å². The SMILES string of the molecule is COC(=O)CNc1nc(NN)nc2sccc12. The zero-order valence-electron chi connectivity index (χ0n) is 9.06. The van der Waals surface area contributed by atoms with Crippen molar-refractivity contribution in [3.63, 3.8) is 0 Å². The highest BCUT2D eigenvalue weighted by Gasteiger charge is 2.09. The Kier molecular flexibility index (Phi) is 3.35. The van der Waals surface area contributed by atoms with Gasteiger partial charge in [-0.05, 0) is 11.4 Å². The highest BCUT2D eigenvalue weighted by Crippen LogP contribution is 2.25. The standard InChI is InChI=1S/C9H11N5O2S/c1-16-6(15)4-11-7-5-2-3-17-8(5)13-9(12-7)14-10/h2-3H,4,10H2,1H3,(H2,11,12,13,14). The summed E-state index contributed by atoms with van der Waals surface area (Å²) in [6.45, 7) is 0.0441. The summed E-state index contributed by atoms with van der Waals surface area (Å²) >= 11 is 1.47. The van der Waals surface area contributed by atoms with E-state index in [-0.39, 0.29) is 12.5 Å². The number of rotatable bonds is 4. The molecule has 0 radical (unpaired) electrons. The van der Waals surface area contributed by atoms with E-state index in [2.05, 4.69) is 25.4 Å². The van der Waals surface area contributed by atoms with Gasteiger partial charge in [0.1, 0.15) is 17.2 Å². The maximum Gasteiger partial charge on any atom is 0.325 e. The first kappa shape index (κ1) is 11.6. The predicted octanol–water partition coefficient (Wildman–Crippen LogP) is 0.562. The van der Waals surface area contributed by atoms with E-state index in [1.807, 2.05) is 11.4 Å². The minimum absolute atomic E-state index is 0.0441. The average Bonchev–Trinajstić information content (AvgIpc) is 2.83. The molecular weight excluding hydrogens is 242 g/mol. The molecule has 2 rings (SSSR count). The van der Waals surface area contributed by atoms with Crippen LogP contribution >= 0.6 is 11.3 Å². The molecule has 0 aliphatic carbocycles. The van der Waals surface area contributed by atoms with E-state index in [4.69, 9.17) is 5.84 Å². The fraction of sp³-hybridized carbons (Fsp3) is 0.222. The molecule has 0 fully saturated rings. The summed E-state index contributed by atoms with van der Waals surface area (Å²) in [7, 11) is 1.33. The molecule has 0 atom stereocenters. The van der Waals surface area contributed by atoms with Crippen LogP contribution in [0, 0.1) is 0 Å². The first-order valence-corrected chi connectivity index (χ1v) is 5.65. The van der Waals surface area contributed by atoms with Crippen LogP contribution in [0.1, 0.15) is 0 Å². The molecule has 0 aliphatic rings. The molecular formula is C9H11N5O2S. The molecule has 4 N–H and O–H groups in total. The van der Waals surface area contributed by atoms with Crippen LogP contribution in [0.15, 0.2) is 11.4 Å². The Morgan fingerprint density at radius 3 is 3.12 bits per heavy atom. The Morgan fingerprint density at radius 1 is 1.59 bits per heavy atom. The molecule has 2 aromatic heterocycles. The quantitative estimate of drug-likeness (QED) is 0.415. The maximum atomic E-state index is 11.0. The maximum absolute atomic E-state index is 11.0. The second-order valence-corrected chi connectivity index (χ2v) is 4.00. The van der Waals surface area contributed by atoms with Crippen LogP contribution in [0.5, 0.6) is 0 Å². The van der Waals surface area contributed by atoms with Gasteiger partial charge in [-0.3, -0.25) is 10.2 Å². The Balaban J connectivity index is 2.30. The van der Waals surface area contributed by atoms with Gasteiger partial charge < -0.3 is 10.1 Å². The number of nitrogen functional groups attached to an aromatic ring is 1. The van der Waals surface area contributed by atoms with Crippen molar-refractivity contribution >= 4 is 39.3 Å². The lowest BCUT2D eigenvalue weighted by atomic mass is 10.4. The zero-order chi connectivity index (χ0) is 12.3. The van der Waals surface area contributed by atoms with Gasteiger partial charge in [0.2, 0.25) is 5.95 Å². The van der Waals surface area contributed by atoms with E-state index in [9.17, 15) is 4.79 Å². The third kappa shape index (κ3) is 2.43. The van der Waals surface area contributed by atoms with Crippen molar-refractivity contribution in [2.24, 2.45) is 5.84 Å². The van der Waals surface area contributed by atoms with Crippen molar-refractivity contribution in [2.45, 2.75) is 0 Å². The molecule has 0 bridgehead atoms. The number of ether oxygens (including phenoxy) is 1. The normalized spacial score (nSPS) is 10.2. The van der Waals surface area contributed by atoms with Gasteiger partial charge in [-0.25, -0.2) is 10.8 Å². The number of esters is 1. The number of hydrazine groups is 1. The van der Waals surface area contributed by atoms with Crippen LogP contribution < -0.4 is 16.6 Å². The molecule has 0 spiro atoms. The van der Waals surface area contributed by atoms with Gasteiger partial charge in [-0.1, -0.05) is 0 Å². The van der Waals surface area contributed by atoms with Crippen molar-refractivity contribution in [1.82, 2.24) is 9.97 Å². The second kappa shape index (κ2) is 4.93. The van der Waals surface area contributed by atoms with E-state index < -0.39 is 0 Å². The summed E-state index contributed by atoms with van der Waals surface area (Å²) in [6.07, 6.45) is 0. The molecule has 0 saturated heterocycles. The Hall–Kier alpha value is -1.93. The number of hydrogen-bond acceptors (Lipinski definition) is 8. The van der Waals surface area contributed by atoms with Gasteiger partial charge in [0.15, 0.2) is 0 Å². The first-order chi connectivity index (χ1) is 8.24. The van der Waals surface area contributed by atoms with Crippen molar-refractivity contribution in [2.75, 3.05) is 24.4 Å². The van der Waals surface area contributed by atoms with E-state index >= 15 is 0 Å². The fourth-order valence-corrected chi connectivity index (χ4v) is 2.05. The largest absolute Gasteiger partial charge is 0.468 e. The Labute approximate surface area is 101 Å². The lowest BCUT2D eigenvalue weighted by Gasteiger charge is -2.07. The summed E-state index contributed by atoms with van der Waals surface area (Å²) in [4.78, 5) is 20.2. The number of nitrogens with one attached hydrogen (secondary N) is 2. The summed E-state index contributed by atoms with van der Waals surface area (Å²) in [5.41, 5.74) is 2.38. The summed E-state index contributed by atoms with van der Waals surface area (Å²) in [5, 5.41) is 5.62. The first-order valence-electron chi connectivity index (χ1n) is 4.77. The van der Waals surface area contributed by atoms with Gasteiger partial charge in [-0.2, -0.15) is 4.98 Å². The molecule has 2 heterocycles. The number of carbonyl (C=O) groups is 1. The summed E-state index contributed by atoms with van der Waals surface area (Å²) < 4.78 is 4.54. The van der Waals surface area contributed by atoms with Crippen LogP contribution in [0.25, 0.3) is 10.2 Å². The van der Waals surface area contributed by atoms with Gasteiger partial charge in [-0.15, -0.1) is 11.3 Å². The van der Waals surface area contributed by atoms with Crippen LogP contribution in [0.2, 0.25) is 0 Å². The topological polar surface area (TPSA) is 102 Å². The fourth-order valence-electron chi connectivity index (χ4n) is 1.28. The lowest BCUT2D eigenvalue weighted by molar-refractivity contribution is -0.138. The number of nitrogens with two attached hydrogens (primary N) is 1. The van der Waals surface area contributed by atoms with Gasteiger partial charge in [0.25, 0.3) is 0 Å². The smallest absolute Gasteiger partial charge is 0.325 e.